The fourth-order valence-electron chi connectivity index (χ4n) is 2.68. The van der Waals surface area contributed by atoms with Crippen LogP contribution in [0.3, 0.4) is 0 Å². The van der Waals surface area contributed by atoms with Gasteiger partial charge in [-0.05, 0) is 48.7 Å². The molecule has 0 spiro atoms. The molecule has 0 heterocycles. The third-order valence-electron chi connectivity index (χ3n) is 4.26. The largest absolute Gasteiger partial charge is 0.495 e. The minimum atomic E-state index is -3.87. The number of nitrogens with zero attached hydrogens (tertiary/aromatic N) is 1. The Hall–Kier alpha value is -2.38. The van der Waals surface area contributed by atoms with E-state index in [9.17, 15) is 13.2 Å². The van der Waals surface area contributed by atoms with Gasteiger partial charge in [0, 0.05) is 12.2 Å². The van der Waals surface area contributed by atoms with Crippen molar-refractivity contribution in [3.05, 3.63) is 53.6 Å². The highest BCUT2D eigenvalue weighted by atomic mass is 32.2. The topological polar surface area (TPSA) is 75.7 Å². The van der Waals surface area contributed by atoms with Crippen LogP contribution in [0.5, 0.6) is 5.75 Å². The predicted molar refractivity (Wildman–Crippen MR) is 107 cm³/mol. The van der Waals surface area contributed by atoms with Crippen LogP contribution in [0.25, 0.3) is 0 Å². The molecule has 0 saturated carbocycles. The van der Waals surface area contributed by atoms with E-state index < -0.39 is 15.9 Å². The van der Waals surface area contributed by atoms with Crippen LogP contribution in [0, 0.1) is 6.92 Å². The number of aryl methyl sites for hydroxylation is 2. The molecule has 0 aliphatic rings. The van der Waals surface area contributed by atoms with Gasteiger partial charge in [0.25, 0.3) is 0 Å². The number of nitrogens with one attached hydrogen (secondary N) is 1. The molecule has 1 amide bonds. The Bertz CT molecular complexity index is 893. The quantitative estimate of drug-likeness (QED) is 0.751. The van der Waals surface area contributed by atoms with Crippen LogP contribution in [-0.2, 0) is 21.2 Å². The summed E-state index contributed by atoms with van der Waals surface area (Å²) in [5.41, 5.74) is 2.60. The van der Waals surface area contributed by atoms with Crippen molar-refractivity contribution in [1.82, 2.24) is 4.31 Å². The van der Waals surface area contributed by atoms with E-state index in [4.69, 9.17) is 4.74 Å². The monoisotopic (exact) mass is 390 g/mol. The van der Waals surface area contributed by atoms with Crippen LogP contribution in [0.2, 0.25) is 0 Å². The SMILES string of the molecule is CCc1ccc(NC(=O)CN(CC)S(=O)(=O)c2cc(C)ccc2OC)cc1. The zero-order valence-electron chi connectivity index (χ0n) is 16.2. The zero-order chi connectivity index (χ0) is 20.0. The van der Waals surface area contributed by atoms with Gasteiger partial charge in [-0.15, -0.1) is 0 Å². The lowest BCUT2D eigenvalue weighted by Crippen LogP contribution is -2.38. The van der Waals surface area contributed by atoms with Gasteiger partial charge in [-0.1, -0.05) is 32.0 Å². The number of amides is 1. The van der Waals surface area contributed by atoms with Crippen molar-refractivity contribution in [3.8, 4) is 5.75 Å². The first-order valence-electron chi connectivity index (χ1n) is 8.85. The van der Waals surface area contributed by atoms with E-state index in [0.29, 0.717) is 5.69 Å². The lowest BCUT2D eigenvalue weighted by molar-refractivity contribution is -0.116. The number of benzene rings is 2. The van der Waals surface area contributed by atoms with Crippen molar-refractivity contribution in [2.75, 3.05) is 25.5 Å². The van der Waals surface area contributed by atoms with Gasteiger partial charge in [-0.25, -0.2) is 8.42 Å². The molecule has 6 nitrogen and oxygen atoms in total. The van der Waals surface area contributed by atoms with Crippen LogP contribution < -0.4 is 10.1 Å². The van der Waals surface area contributed by atoms with E-state index in [0.717, 1.165) is 21.9 Å². The number of hydrogen-bond acceptors (Lipinski definition) is 4. The van der Waals surface area contributed by atoms with Crippen molar-refractivity contribution < 1.29 is 17.9 Å². The predicted octanol–water partition coefficient (Wildman–Crippen LogP) is 3.22. The molecule has 27 heavy (non-hydrogen) atoms. The summed E-state index contributed by atoms with van der Waals surface area (Å²) in [6.45, 7) is 5.45. The van der Waals surface area contributed by atoms with Crippen molar-refractivity contribution in [2.24, 2.45) is 0 Å². The second-order valence-corrected chi connectivity index (χ2v) is 8.09. The summed E-state index contributed by atoms with van der Waals surface area (Å²) >= 11 is 0. The number of sulfonamides is 1. The number of ether oxygens (including phenoxy) is 1. The molecule has 0 bridgehead atoms. The van der Waals surface area contributed by atoms with Gasteiger partial charge in [0.15, 0.2) is 0 Å². The van der Waals surface area contributed by atoms with Crippen LogP contribution in [0.1, 0.15) is 25.0 Å². The fourth-order valence-corrected chi connectivity index (χ4v) is 4.32. The number of likely N-dealkylation sites (N-methyl/N-ethyl adjacent to an activating group) is 1. The summed E-state index contributed by atoms with van der Waals surface area (Å²) in [6.07, 6.45) is 0.911. The molecule has 0 fully saturated rings. The molecule has 0 saturated heterocycles. The Morgan fingerprint density at radius 1 is 1.11 bits per heavy atom. The molecule has 1 N–H and O–H groups in total. The van der Waals surface area contributed by atoms with Crippen molar-refractivity contribution in [3.63, 3.8) is 0 Å². The van der Waals surface area contributed by atoms with Crippen molar-refractivity contribution in [1.29, 1.82) is 0 Å². The van der Waals surface area contributed by atoms with Gasteiger partial charge in [-0.3, -0.25) is 4.79 Å². The van der Waals surface area contributed by atoms with Crippen LogP contribution in [0.4, 0.5) is 5.69 Å². The van der Waals surface area contributed by atoms with Crippen LogP contribution in [0.15, 0.2) is 47.4 Å². The van der Waals surface area contributed by atoms with Gasteiger partial charge >= 0.3 is 0 Å². The number of carbonyl (C=O) groups is 1. The zero-order valence-corrected chi connectivity index (χ0v) is 17.0. The summed E-state index contributed by atoms with van der Waals surface area (Å²) in [5.74, 6) is -0.133. The standard InChI is InChI=1S/C20H26N2O4S/c1-5-16-8-10-17(11-9-16)21-20(23)14-22(6-2)27(24,25)19-13-15(3)7-12-18(19)26-4/h7-13H,5-6,14H2,1-4H3,(H,21,23). The average molecular weight is 391 g/mol. The first-order valence-corrected chi connectivity index (χ1v) is 10.3. The Labute approximate surface area is 161 Å². The van der Waals surface area contributed by atoms with Crippen molar-refractivity contribution in [2.45, 2.75) is 32.1 Å². The smallest absolute Gasteiger partial charge is 0.247 e. The lowest BCUT2D eigenvalue weighted by atomic mass is 10.1. The minimum Gasteiger partial charge on any atom is -0.495 e. The van der Waals surface area contributed by atoms with E-state index in [2.05, 4.69) is 12.2 Å². The highest BCUT2D eigenvalue weighted by molar-refractivity contribution is 7.89. The fraction of sp³-hybridized carbons (Fsp3) is 0.350. The number of anilines is 1. The molecule has 0 atom stereocenters. The average Bonchev–Trinajstić information content (AvgIpc) is 2.66. The van der Waals surface area contributed by atoms with E-state index in [1.54, 1.807) is 32.0 Å². The number of methoxy groups -OCH3 is 1. The molecule has 0 aliphatic heterocycles. The summed E-state index contributed by atoms with van der Waals surface area (Å²) in [4.78, 5) is 12.4. The van der Waals surface area contributed by atoms with E-state index in [-0.39, 0.29) is 23.7 Å². The Morgan fingerprint density at radius 2 is 1.78 bits per heavy atom. The summed E-state index contributed by atoms with van der Waals surface area (Å²) in [6, 6.07) is 12.4. The third-order valence-corrected chi connectivity index (χ3v) is 6.20. The molecule has 7 heteroatoms. The molecule has 146 valence electrons. The highest BCUT2D eigenvalue weighted by Crippen LogP contribution is 2.27. The molecule has 2 aromatic rings. The van der Waals surface area contributed by atoms with Crippen LogP contribution >= 0.6 is 0 Å². The normalized spacial score (nSPS) is 11.4. The molecular formula is C20H26N2O4S. The van der Waals surface area contributed by atoms with Gasteiger partial charge < -0.3 is 10.1 Å². The Kier molecular flexibility index (Phi) is 6.98. The molecule has 0 aromatic heterocycles. The maximum atomic E-state index is 13.0. The second kappa shape index (κ2) is 9.01. The molecule has 0 unspecified atom stereocenters. The number of hydrogen-bond donors (Lipinski definition) is 1. The summed E-state index contributed by atoms with van der Waals surface area (Å²) in [7, 11) is -2.44. The lowest BCUT2D eigenvalue weighted by Gasteiger charge is -2.21. The summed E-state index contributed by atoms with van der Waals surface area (Å²) < 4.78 is 32.4. The molecule has 0 radical (unpaired) electrons. The summed E-state index contributed by atoms with van der Waals surface area (Å²) in [5, 5.41) is 2.75. The van der Waals surface area contributed by atoms with Gasteiger partial charge in [-0.2, -0.15) is 4.31 Å². The number of rotatable bonds is 8. The molecule has 2 rings (SSSR count). The third kappa shape index (κ3) is 5.08. The second-order valence-electron chi connectivity index (χ2n) is 6.18. The van der Waals surface area contributed by atoms with Gasteiger partial charge in [0.05, 0.1) is 13.7 Å². The van der Waals surface area contributed by atoms with Gasteiger partial charge in [0.1, 0.15) is 10.6 Å². The molecular weight excluding hydrogens is 364 g/mol. The van der Waals surface area contributed by atoms with Crippen LogP contribution in [-0.4, -0.2) is 38.8 Å². The highest BCUT2D eigenvalue weighted by Gasteiger charge is 2.28. The maximum Gasteiger partial charge on any atom is 0.247 e. The number of carbonyl (C=O) groups excluding carboxylic acids is 1. The first-order chi connectivity index (χ1) is 12.8. The van der Waals surface area contributed by atoms with Crippen molar-refractivity contribution >= 4 is 21.6 Å². The van der Waals surface area contributed by atoms with E-state index in [1.807, 2.05) is 24.3 Å². The Balaban J connectivity index is 2.19. The Morgan fingerprint density at radius 3 is 2.33 bits per heavy atom. The van der Waals surface area contributed by atoms with Gasteiger partial charge in [0.2, 0.25) is 15.9 Å². The minimum absolute atomic E-state index is 0.0620. The molecule has 2 aromatic carbocycles. The maximum absolute atomic E-state index is 13.0. The van der Waals surface area contributed by atoms with E-state index >= 15 is 0 Å². The first kappa shape index (κ1) is 20.9. The van der Waals surface area contributed by atoms with E-state index in [1.165, 1.54) is 7.11 Å². The molecule has 0 aliphatic carbocycles.